The molecule has 0 spiro atoms. The van der Waals surface area contributed by atoms with E-state index in [1.165, 1.54) is 12.5 Å². The van der Waals surface area contributed by atoms with Gasteiger partial charge in [0.2, 0.25) is 5.78 Å². The standard InChI is InChI=1S/C20H27N5O3.C3H8.C2H6/c1-6-20(26)19(24-22-11-12-23-25(4)5)15-28-17-8-9-18(21-3)16(14-17)10-13-27-7-2;1-3-2;1-2/h6,8-10,12-14,22H,1,3,7,11,15H2,2,4-5H3;3H2,1-2H3;1-2H3/b13-10+,23-12-,24-19-;;. The molecule has 184 valence electrons. The van der Waals surface area contributed by atoms with E-state index in [1.807, 2.05) is 34.9 Å². The Morgan fingerprint density at radius 3 is 2.42 bits per heavy atom. The fraction of sp³-hybridized carbons (Fsp3) is 0.440. The first-order valence-electron chi connectivity index (χ1n) is 11.1. The molecular weight excluding hydrogens is 418 g/mol. The Balaban J connectivity index is 0. The second-order valence-corrected chi connectivity index (χ2v) is 6.27. The van der Waals surface area contributed by atoms with Gasteiger partial charge in [-0.1, -0.05) is 40.7 Å². The van der Waals surface area contributed by atoms with Crippen molar-refractivity contribution in [2.24, 2.45) is 15.2 Å². The van der Waals surface area contributed by atoms with E-state index in [-0.39, 0.29) is 18.1 Å². The summed E-state index contributed by atoms with van der Waals surface area (Å²) in [5, 5.41) is 9.77. The van der Waals surface area contributed by atoms with Gasteiger partial charge in [-0.2, -0.15) is 10.2 Å². The zero-order valence-electron chi connectivity index (χ0n) is 21.3. The van der Waals surface area contributed by atoms with E-state index in [0.717, 1.165) is 5.56 Å². The van der Waals surface area contributed by atoms with Crippen molar-refractivity contribution < 1.29 is 14.3 Å². The molecule has 0 radical (unpaired) electrons. The van der Waals surface area contributed by atoms with E-state index in [2.05, 4.69) is 47.8 Å². The number of ketones is 1. The number of rotatable bonds is 13. The highest BCUT2D eigenvalue weighted by Gasteiger charge is 2.10. The van der Waals surface area contributed by atoms with Crippen molar-refractivity contribution in [3.05, 3.63) is 42.7 Å². The topological polar surface area (TPSA) is 87.9 Å². The van der Waals surface area contributed by atoms with Crippen LogP contribution in [0.3, 0.4) is 0 Å². The van der Waals surface area contributed by atoms with Crippen LogP contribution in [0.25, 0.3) is 6.08 Å². The maximum absolute atomic E-state index is 12.0. The smallest absolute Gasteiger partial charge is 0.204 e. The first-order valence-corrected chi connectivity index (χ1v) is 11.1. The molecule has 1 N–H and O–H groups in total. The predicted molar refractivity (Wildman–Crippen MR) is 142 cm³/mol. The second-order valence-electron chi connectivity index (χ2n) is 6.27. The lowest BCUT2D eigenvalue weighted by atomic mass is 10.1. The van der Waals surface area contributed by atoms with Crippen molar-refractivity contribution in [3.63, 3.8) is 0 Å². The van der Waals surface area contributed by atoms with Crippen molar-refractivity contribution in [3.8, 4) is 5.75 Å². The van der Waals surface area contributed by atoms with Crippen molar-refractivity contribution >= 4 is 36.2 Å². The van der Waals surface area contributed by atoms with Crippen LogP contribution < -0.4 is 10.2 Å². The fourth-order valence-electron chi connectivity index (χ4n) is 1.93. The average Bonchev–Trinajstić information content (AvgIpc) is 2.82. The Morgan fingerprint density at radius 1 is 1.21 bits per heavy atom. The molecule has 0 unspecified atom stereocenters. The van der Waals surface area contributed by atoms with E-state index in [4.69, 9.17) is 9.47 Å². The summed E-state index contributed by atoms with van der Waals surface area (Å²) in [6.07, 6.45) is 7.44. The Kier molecular flexibility index (Phi) is 21.0. The summed E-state index contributed by atoms with van der Waals surface area (Å²) in [6, 6.07) is 5.30. The van der Waals surface area contributed by atoms with Crippen LogP contribution >= 0.6 is 0 Å². The van der Waals surface area contributed by atoms with Gasteiger partial charge < -0.3 is 19.9 Å². The van der Waals surface area contributed by atoms with Gasteiger partial charge in [0.05, 0.1) is 25.1 Å². The molecule has 33 heavy (non-hydrogen) atoms. The number of nitrogens with one attached hydrogen (secondary N) is 1. The number of hydrazone groups is 2. The van der Waals surface area contributed by atoms with Gasteiger partial charge in [-0.25, -0.2) is 0 Å². The zero-order chi connectivity index (χ0) is 25.5. The maximum atomic E-state index is 12.0. The number of benzene rings is 1. The number of hydrogen-bond acceptors (Lipinski definition) is 8. The van der Waals surface area contributed by atoms with Gasteiger partial charge in [0.25, 0.3) is 0 Å². The summed E-state index contributed by atoms with van der Waals surface area (Å²) in [6.45, 7) is 18.1. The van der Waals surface area contributed by atoms with Gasteiger partial charge >= 0.3 is 0 Å². The Labute approximate surface area is 199 Å². The van der Waals surface area contributed by atoms with Gasteiger partial charge in [0.1, 0.15) is 18.1 Å². The Morgan fingerprint density at radius 2 is 1.88 bits per heavy atom. The summed E-state index contributed by atoms with van der Waals surface area (Å²) in [4.78, 5) is 16.0. The van der Waals surface area contributed by atoms with E-state index in [0.29, 0.717) is 24.6 Å². The molecule has 0 amide bonds. The lowest BCUT2D eigenvalue weighted by molar-refractivity contribution is -0.109. The predicted octanol–water partition coefficient (Wildman–Crippen LogP) is 5.10. The second kappa shape index (κ2) is 21.8. The summed E-state index contributed by atoms with van der Waals surface area (Å²) >= 11 is 0. The van der Waals surface area contributed by atoms with Crippen molar-refractivity contribution in [2.45, 2.75) is 41.0 Å². The van der Waals surface area contributed by atoms with E-state index in [1.54, 1.807) is 41.8 Å². The molecule has 0 aliphatic carbocycles. The van der Waals surface area contributed by atoms with Crippen LogP contribution in [-0.4, -0.2) is 63.3 Å². The zero-order valence-corrected chi connectivity index (χ0v) is 21.3. The SMILES string of the molecule is C=CC(=O)/C(COc1ccc(N=C)c(/C=C/OCC)c1)=N\NC/C=N\N(C)C.CC.CCC. The highest BCUT2D eigenvalue weighted by Crippen LogP contribution is 2.25. The highest BCUT2D eigenvalue weighted by atomic mass is 16.5. The largest absolute Gasteiger partial charge is 0.501 e. The third-order valence-electron chi connectivity index (χ3n) is 3.23. The van der Waals surface area contributed by atoms with Crippen LogP contribution in [0.4, 0.5) is 5.69 Å². The first-order chi connectivity index (χ1) is 15.9. The number of carbonyl (C=O) groups excluding carboxylic acids is 1. The lowest BCUT2D eigenvalue weighted by Crippen LogP contribution is -2.24. The minimum Gasteiger partial charge on any atom is -0.501 e. The van der Waals surface area contributed by atoms with Crippen LogP contribution in [0.2, 0.25) is 0 Å². The van der Waals surface area contributed by atoms with Crippen molar-refractivity contribution in [2.75, 3.05) is 33.9 Å². The molecule has 8 nitrogen and oxygen atoms in total. The molecule has 8 heteroatoms. The molecule has 0 aromatic heterocycles. The number of ether oxygens (including phenoxy) is 2. The summed E-state index contributed by atoms with van der Waals surface area (Å²) < 4.78 is 10.9. The summed E-state index contributed by atoms with van der Waals surface area (Å²) in [5.41, 5.74) is 4.45. The Bertz CT molecular complexity index is 771. The van der Waals surface area contributed by atoms with Gasteiger partial charge in [0, 0.05) is 25.9 Å². The monoisotopic (exact) mass is 459 g/mol. The molecule has 0 heterocycles. The van der Waals surface area contributed by atoms with Crippen molar-refractivity contribution in [1.82, 2.24) is 10.4 Å². The van der Waals surface area contributed by atoms with Gasteiger partial charge in [-0.15, -0.1) is 0 Å². The van der Waals surface area contributed by atoms with Gasteiger partial charge in [-0.3, -0.25) is 9.79 Å². The van der Waals surface area contributed by atoms with Crippen LogP contribution in [-0.2, 0) is 9.53 Å². The molecule has 0 fully saturated rings. The summed E-state index contributed by atoms with van der Waals surface area (Å²) in [7, 11) is 3.62. The third kappa shape index (κ3) is 15.9. The van der Waals surface area contributed by atoms with E-state index >= 15 is 0 Å². The number of carbonyl (C=O) groups is 1. The Hall–Kier alpha value is -3.42. The minimum atomic E-state index is -0.321. The number of nitrogens with zero attached hydrogens (tertiary/aromatic N) is 4. The molecule has 1 aromatic carbocycles. The lowest BCUT2D eigenvalue weighted by Gasteiger charge is -2.09. The van der Waals surface area contributed by atoms with Gasteiger partial charge in [0.15, 0.2) is 0 Å². The molecule has 0 atom stereocenters. The molecule has 1 rings (SSSR count). The molecular formula is C25H41N5O3. The quantitative estimate of drug-likeness (QED) is 0.146. The molecule has 0 saturated heterocycles. The van der Waals surface area contributed by atoms with Crippen LogP contribution in [0.15, 0.2) is 52.3 Å². The number of hydrogen-bond donors (Lipinski definition) is 1. The number of aliphatic imine (C=N–C) groups is 1. The van der Waals surface area contributed by atoms with Crippen LogP contribution in [0, 0.1) is 0 Å². The minimum absolute atomic E-state index is 0.0157. The number of allylic oxidation sites excluding steroid dienone is 1. The molecule has 0 saturated carbocycles. The van der Waals surface area contributed by atoms with Gasteiger partial charge in [-0.05, 0) is 44.0 Å². The van der Waals surface area contributed by atoms with Crippen LogP contribution in [0.5, 0.6) is 5.75 Å². The molecule has 1 aromatic rings. The molecule has 0 aliphatic heterocycles. The maximum Gasteiger partial charge on any atom is 0.204 e. The first kappa shape index (κ1) is 31.8. The fourth-order valence-corrected chi connectivity index (χ4v) is 1.93. The van der Waals surface area contributed by atoms with E-state index < -0.39 is 0 Å². The molecule has 0 bridgehead atoms. The molecule has 0 aliphatic rings. The normalized spacial score (nSPS) is 10.5. The summed E-state index contributed by atoms with van der Waals surface area (Å²) in [5.74, 6) is 0.236. The third-order valence-corrected chi connectivity index (χ3v) is 3.23. The van der Waals surface area contributed by atoms with E-state index in [9.17, 15) is 4.79 Å². The van der Waals surface area contributed by atoms with Crippen molar-refractivity contribution in [1.29, 1.82) is 0 Å². The highest BCUT2D eigenvalue weighted by molar-refractivity contribution is 6.44. The van der Waals surface area contributed by atoms with Crippen LogP contribution in [0.1, 0.15) is 46.6 Å². The average molecular weight is 460 g/mol.